The third-order valence-corrected chi connectivity index (χ3v) is 13.8. The van der Waals surface area contributed by atoms with Gasteiger partial charge in [-0.25, -0.2) is 13.2 Å². The van der Waals surface area contributed by atoms with Gasteiger partial charge in [-0.1, -0.05) is 66.7 Å². The molecule has 0 aromatic heterocycles. The molecule has 2 saturated heterocycles. The Morgan fingerprint density at radius 2 is 1.60 bits per heavy atom. The number of carbonyl (C=O) groups excluding carboxylic acids is 5. The first-order chi connectivity index (χ1) is 20.9. The number of fused-ring (bicyclic) bond motifs is 1. The average Bonchev–Trinajstić information content (AvgIpc) is 3.72. The van der Waals surface area contributed by atoms with E-state index in [0.717, 1.165) is 32.1 Å². The van der Waals surface area contributed by atoms with E-state index >= 15 is 0 Å². The Morgan fingerprint density at radius 3 is 2.13 bits per heavy atom. The van der Waals surface area contributed by atoms with Gasteiger partial charge in [-0.2, -0.15) is 0 Å². The predicted molar refractivity (Wildman–Crippen MR) is 167 cm³/mol. The van der Waals surface area contributed by atoms with Gasteiger partial charge in [-0.3, -0.25) is 19.2 Å². The van der Waals surface area contributed by atoms with Crippen molar-refractivity contribution in [2.75, 3.05) is 12.3 Å². The van der Waals surface area contributed by atoms with E-state index in [1.54, 1.807) is 0 Å². The minimum atomic E-state index is -3.35. The van der Waals surface area contributed by atoms with Gasteiger partial charge < -0.3 is 26.6 Å². The summed E-state index contributed by atoms with van der Waals surface area (Å²) in [6.45, 7) is 9.93. The fourth-order valence-corrected chi connectivity index (χ4v) is 10.9. The number of ketones is 1. The van der Waals surface area contributed by atoms with Gasteiger partial charge in [-0.15, -0.1) is 0 Å². The van der Waals surface area contributed by atoms with Crippen molar-refractivity contribution in [2.24, 2.45) is 34.3 Å². The molecule has 2 heterocycles. The molecule has 5 amide bonds. The molecule has 0 aromatic carbocycles. The van der Waals surface area contributed by atoms with Crippen molar-refractivity contribution >= 4 is 39.4 Å². The molecule has 5 rings (SSSR count). The van der Waals surface area contributed by atoms with Crippen LogP contribution in [0.25, 0.3) is 0 Å². The largest absolute Gasteiger partial charge is 0.363 e. The number of Topliss-reactive ketones (excluding diaryl/α,β-unsaturated/α-hetero) is 1. The monoisotopic (exact) mass is 649 g/mol. The van der Waals surface area contributed by atoms with Crippen molar-refractivity contribution in [3.8, 4) is 0 Å². The highest BCUT2D eigenvalue weighted by atomic mass is 32.2. The van der Waals surface area contributed by atoms with Gasteiger partial charge in [0, 0.05) is 6.54 Å². The highest BCUT2D eigenvalue weighted by molar-refractivity contribution is 7.92. The van der Waals surface area contributed by atoms with E-state index in [2.05, 4.69) is 16.0 Å². The Labute approximate surface area is 266 Å². The molecule has 6 atom stereocenters. The van der Waals surface area contributed by atoms with Crippen LogP contribution in [0.1, 0.15) is 98.8 Å². The number of rotatable bonds is 10. The Morgan fingerprint density at radius 1 is 0.956 bits per heavy atom. The van der Waals surface area contributed by atoms with Crippen LogP contribution in [0.15, 0.2) is 0 Å². The van der Waals surface area contributed by atoms with Crippen LogP contribution < -0.4 is 21.7 Å². The minimum absolute atomic E-state index is 0.0680. The van der Waals surface area contributed by atoms with Crippen molar-refractivity contribution in [2.45, 2.75) is 128 Å². The molecule has 12 nitrogen and oxygen atoms in total. The molecule has 2 aliphatic heterocycles. The van der Waals surface area contributed by atoms with Gasteiger partial charge >= 0.3 is 6.03 Å². The molecule has 5 N–H and O–H groups in total. The Bertz CT molecular complexity index is 1350. The number of amides is 5. The first-order valence-corrected chi connectivity index (χ1v) is 18.4. The quantitative estimate of drug-likeness (QED) is 0.260. The fourth-order valence-electron chi connectivity index (χ4n) is 8.49. The second-order valence-electron chi connectivity index (χ2n) is 16.0. The van der Waals surface area contributed by atoms with Gasteiger partial charge in [0.1, 0.15) is 12.1 Å². The maximum atomic E-state index is 14.3. The lowest BCUT2D eigenvalue weighted by molar-refractivity contribution is -0.145. The molecule has 2 unspecified atom stereocenters. The highest BCUT2D eigenvalue weighted by Gasteiger charge is 2.70. The van der Waals surface area contributed by atoms with E-state index in [1.165, 1.54) is 4.90 Å². The molecule has 0 radical (unpaired) electrons. The standard InChI is InChI=1S/C32H51N5O7S/c1-30(2,3)25(35-29(42)36-32(13-7-6-8-14-32)21-10-9-15-45(21,43)44)28(41)37-17-19-22(31(19,4)5)23(37)27(40)34-20(16-18-11-12-18)24(38)26(33)39/h18-23,25H,6-17H2,1-5H3,(H2,33,39)(H,34,40)(H2,35,36,42)/t19-,20?,21?,22-,23-,25+/m0/s1. The van der Waals surface area contributed by atoms with Crippen LogP contribution in [0.2, 0.25) is 0 Å². The van der Waals surface area contributed by atoms with Crippen LogP contribution in [-0.2, 0) is 29.0 Å². The molecule has 0 spiro atoms. The lowest BCUT2D eigenvalue weighted by atomic mass is 9.78. The Hall–Kier alpha value is -2.70. The van der Waals surface area contributed by atoms with Crippen molar-refractivity contribution in [1.82, 2.24) is 20.9 Å². The minimum Gasteiger partial charge on any atom is -0.363 e. The number of nitrogens with zero attached hydrogens (tertiary/aromatic N) is 1. The molecule has 0 bridgehead atoms. The number of primary amides is 1. The number of nitrogens with one attached hydrogen (secondary N) is 3. The summed E-state index contributed by atoms with van der Waals surface area (Å²) in [5, 5.41) is 8.07. The van der Waals surface area contributed by atoms with Crippen LogP contribution >= 0.6 is 0 Å². The van der Waals surface area contributed by atoms with E-state index in [-0.39, 0.29) is 28.9 Å². The van der Waals surface area contributed by atoms with Crippen molar-refractivity contribution in [3.05, 3.63) is 0 Å². The first-order valence-electron chi connectivity index (χ1n) is 16.6. The van der Waals surface area contributed by atoms with E-state index < -0.39 is 73.7 Å². The van der Waals surface area contributed by atoms with Gasteiger partial charge in [0.25, 0.3) is 5.91 Å². The van der Waals surface area contributed by atoms with Crippen LogP contribution in [0.4, 0.5) is 4.79 Å². The van der Waals surface area contributed by atoms with Crippen molar-refractivity contribution in [3.63, 3.8) is 0 Å². The number of piperidine rings is 1. The third kappa shape index (κ3) is 6.60. The second kappa shape index (κ2) is 11.8. The molecule has 5 aliphatic rings. The second-order valence-corrected chi connectivity index (χ2v) is 18.3. The van der Waals surface area contributed by atoms with Crippen LogP contribution in [0.5, 0.6) is 0 Å². The van der Waals surface area contributed by atoms with Crippen molar-refractivity contribution < 1.29 is 32.4 Å². The van der Waals surface area contributed by atoms with E-state index in [0.29, 0.717) is 38.6 Å². The highest BCUT2D eigenvalue weighted by Crippen LogP contribution is 2.65. The van der Waals surface area contributed by atoms with Crippen molar-refractivity contribution in [1.29, 1.82) is 0 Å². The smallest absolute Gasteiger partial charge is 0.315 e. The Kier molecular flexibility index (Phi) is 8.85. The topological polar surface area (TPSA) is 185 Å². The molecule has 45 heavy (non-hydrogen) atoms. The molecule has 3 aliphatic carbocycles. The summed E-state index contributed by atoms with van der Waals surface area (Å²) in [5.74, 6) is -2.56. The first kappa shape index (κ1) is 33.7. The summed E-state index contributed by atoms with van der Waals surface area (Å²) in [6.07, 6.45) is 6.99. The van der Waals surface area contributed by atoms with Gasteiger partial charge in [0.2, 0.25) is 17.6 Å². The zero-order valence-corrected chi connectivity index (χ0v) is 28.1. The van der Waals surface area contributed by atoms with Crippen LogP contribution in [-0.4, -0.2) is 84.1 Å². The summed E-state index contributed by atoms with van der Waals surface area (Å²) in [6, 6.07) is -3.51. The Balaban J connectivity index is 1.35. The average molecular weight is 650 g/mol. The zero-order valence-electron chi connectivity index (χ0n) is 27.3. The summed E-state index contributed by atoms with van der Waals surface area (Å²) in [7, 11) is -3.35. The molecule has 3 saturated carbocycles. The molecule has 252 valence electrons. The number of sulfone groups is 1. The summed E-state index contributed by atoms with van der Waals surface area (Å²) in [5.41, 5.74) is 3.48. The molecule has 0 aromatic rings. The summed E-state index contributed by atoms with van der Waals surface area (Å²) in [4.78, 5) is 67.8. The predicted octanol–water partition coefficient (Wildman–Crippen LogP) is 1.80. The SMILES string of the molecule is CC(C)(C)[C@H](NC(=O)NC1(C2CCCS2(=O)=O)CCCCC1)C(=O)N1C[C@H]2[C@@H]([C@H]1C(=O)NC(CC1CC1)C(=O)C(N)=O)C2(C)C. The zero-order chi connectivity index (χ0) is 33.1. The van der Waals surface area contributed by atoms with E-state index in [1.807, 2.05) is 34.6 Å². The van der Waals surface area contributed by atoms with Crippen LogP contribution in [0.3, 0.4) is 0 Å². The number of likely N-dealkylation sites (tertiary alicyclic amines) is 1. The maximum absolute atomic E-state index is 14.3. The molecular weight excluding hydrogens is 598 g/mol. The molecule has 13 heteroatoms. The van der Waals surface area contributed by atoms with E-state index in [9.17, 15) is 32.4 Å². The molecular formula is C32H51N5O7S. The van der Waals surface area contributed by atoms with Gasteiger partial charge in [-0.05, 0) is 60.7 Å². The number of urea groups is 1. The summed E-state index contributed by atoms with van der Waals surface area (Å²) >= 11 is 0. The number of hydrogen-bond donors (Lipinski definition) is 4. The fraction of sp³-hybridized carbons (Fsp3) is 0.844. The lowest BCUT2D eigenvalue weighted by Gasteiger charge is -2.43. The lowest BCUT2D eigenvalue weighted by Crippen LogP contribution is -2.65. The van der Waals surface area contributed by atoms with Crippen LogP contribution in [0, 0.1) is 28.6 Å². The number of carbonyl (C=O) groups is 5. The van der Waals surface area contributed by atoms with Gasteiger partial charge in [0.15, 0.2) is 9.84 Å². The van der Waals surface area contributed by atoms with Gasteiger partial charge in [0.05, 0.1) is 22.6 Å². The number of nitrogens with two attached hydrogens (primary N) is 1. The third-order valence-electron chi connectivity index (χ3n) is 11.3. The van der Waals surface area contributed by atoms with E-state index in [4.69, 9.17) is 5.73 Å². The summed E-state index contributed by atoms with van der Waals surface area (Å²) < 4.78 is 26.0. The molecule has 5 fully saturated rings. The normalized spacial score (nSPS) is 30.8. The number of hydrogen-bond acceptors (Lipinski definition) is 7. The maximum Gasteiger partial charge on any atom is 0.315 e.